The van der Waals surface area contributed by atoms with E-state index in [4.69, 9.17) is 4.74 Å². The van der Waals surface area contributed by atoms with E-state index in [1.54, 1.807) is 23.0 Å². The number of methoxy groups -OCH3 is 1. The lowest BCUT2D eigenvalue weighted by Crippen LogP contribution is -2.35. The first kappa shape index (κ1) is 25.0. The molecule has 1 fully saturated rings. The summed E-state index contributed by atoms with van der Waals surface area (Å²) in [7, 11) is -2.60. The molecule has 2 aromatic carbocycles. The van der Waals surface area contributed by atoms with Crippen LogP contribution in [0.2, 0.25) is 0 Å². The standard InChI is InChI=1S/C25H22F2N8O3S/c1-38-15-10-11-34(12-15)39(36,37)33-18-7-6-16(26)23(22(18)27)32-25-24-19(28-13-29-25)8-9-21(31-24)35-14-30-17-4-2-3-5-20(17)35/h2-9,13-15,33H,10-12H2,1H3,(H,28,29,32)/t15-/m1/s1. The van der Waals surface area contributed by atoms with Gasteiger partial charge >= 0.3 is 10.2 Å². The highest BCUT2D eigenvalue weighted by Gasteiger charge is 2.32. The van der Waals surface area contributed by atoms with Gasteiger partial charge in [-0.05, 0) is 42.8 Å². The minimum absolute atomic E-state index is 0.0338. The highest BCUT2D eigenvalue weighted by molar-refractivity contribution is 7.90. The first-order valence-corrected chi connectivity index (χ1v) is 13.4. The lowest BCUT2D eigenvalue weighted by molar-refractivity contribution is 0.115. The molecule has 11 nitrogen and oxygen atoms in total. The Balaban J connectivity index is 1.35. The molecule has 0 bridgehead atoms. The highest BCUT2D eigenvalue weighted by Crippen LogP contribution is 2.31. The molecule has 200 valence electrons. The highest BCUT2D eigenvalue weighted by atomic mass is 32.2. The molecule has 0 unspecified atom stereocenters. The number of aromatic nitrogens is 5. The Labute approximate surface area is 221 Å². The third-order valence-electron chi connectivity index (χ3n) is 6.52. The number of rotatable bonds is 7. The van der Waals surface area contributed by atoms with Gasteiger partial charge in [-0.2, -0.15) is 12.7 Å². The zero-order valence-electron chi connectivity index (χ0n) is 20.5. The molecule has 0 saturated carbocycles. The van der Waals surface area contributed by atoms with Crippen molar-refractivity contribution >= 4 is 49.5 Å². The fraction of sp³-hybridized carbons (Fsp3) is 0.200. The van der Waals surface area contributed by atoms with Crippen LogP contribution in [0.1, 0.15) is 6.42 Å². The lowest BCUT2D eigenvalue weighted by Gasteiger charge is -2.19. The molecular weight excluding hydrogens is 530 g/mol. The zero-order valence-corrected chi connectivity index (χ0v) is 21.4. The third kappa shape index (κ3) is 4.62. The Morgan fingerprint density at radius 1 is 1.03 bits per heavy atom. The lowest BCUT2D eigenvalue weighted by atomic mass is 10.2. The zero-order chi connectivity index (χ0) is 27.1. The number of anilines is 3. The summed E-state index contributed by atoms with van der Waals surface area (Å²) in [5, 5.41) is 2.65. The van der Waals surface area contributed by atoms with Crippen LogP contribution in [-0.2, 0) is 14.9 Å². The van der Waals surface area contributed by atoms with Gasteiger partial charge < -0.3 is 10.1 Å². The molecule has 4 heterocycles. The Morgan fingerprint density at radius 3 is 2.69 bits per heavy atom. The van der Waals surface area contributed by atoms with Gasteiger partial charge in [0.2, 0.25) is 0 Å². The summed E-state index contributed by atoms with van der Waals surface area (Å²) in [6.07, 6.45) is 3.13. The minimum atomic E-state index is -4.10. The van der Waals surface area contributed by atoms with Crippen LogP contribution in [0, 0.1) is 11.6 Å². The largest absolute Gasteiger partial charge is 0.380 e. The van der Waals surface area contributed by atoms with Crippen LogP contribution in [0.15, 0.2) is 61.2 Å². The third-order valence-corrected chi connectivity index (χ3v) is 8.01. The number of imidazole rings is 1. The van der Waals surface area contributed by atoms with Crippen LogP contribution in [-0.4, -0.2) is 63.5 Å². The molecule has 1 atom stereocenters. The Bertz CT molecular complexity index is 1810. The van der Waals surface area contributed by atoms with E-state index in [1.807, 2.05) is 24.3 Å². The topological polar surface area (TPSA) is 127 Å². The summed E-state index contributed by atoms with van der Waals surface area (Å²) in [5.74, 6) is -1.55. The van der Waals surface area contributed by atoms with Gasteiger partial charge in [0.25, 0.3) is 0 Å². The van der Waals surface area contributed by atoms with Gasteiger partial charge in [-0.1, -0.05) is 12.1 Å². The number of hydrogen-bond acceptors (Lipinski definition) is 8. The van der Waals surface area contributed by atoms with Crippen molar-refractivity contribution in [2.75, 3.05) is 30.2 Å². The van der Waals surface area contributed by atoms with Gasteiger partial charge in [-0.25, -0.2) is 28.7 Å². The molecule has 1 aliphatic rings. The maximum absolute atomic E-state index is 15.5. The molecule has 39 heavy (non-hydrogen) atoms. The molecule has 14 heteroatoms. The number of fused-ring (bicyclic) bond motifs is 2. The maximum atomic E-state index is 15.5. The fourth-order valence-electron chi connectivity index (χ4n) is 4.47. The maximum Gasteiger partial charge on any atom is 0.301 e. The van der Waals surface area contributed by atoms with E-state index in [1.165, 1.54) is 13.4 Å². The second kappa shape index (κ2) is 9.80. The monoisotopic (exact) mass is 552 g/mol. The molecule has 0 spiro atoms. The Morgan fingerprint density at radius 2 is 1.87 bits per heavy atom. The van der Waals surface area contributed by atoms with E-state index in [0.29, 0.717) is 17.8 Å². The number of nitrogens with zero attached hydrogens (tertiary/aromatic N) is 6. The van der Waals surface area contributed by atoms with Crippen LogP contribution in [0.3, 0.4) is 0 Å². The van der Waals surface area contributed by atoms with E-state index >= 15 is 4.39 Å². The number of halogens is 2. The van der Waals surface area contributed by atoms with Gasteiger partial charge in [0.05, 0.1) is 28.3 Å². The van der Waals surface area contributed by atoms with Crippen molar-refractivity contribution in [3.05, 3.63) is 72.8 Å². The molecule has 6 rings (SSSR count). The van der Waals surface area contributed by atoms with Crippen molar-refractivity contribution in [3.63, 3.8) is 0 Å². The predicted molar refractivity (Wildman–Crippen MR) is 141 cm³/mol. The second-order valence-corrected chi connectivity index (χ2v) is 10.6. The summed E-state index contributed by atoms with van der Waals surface area (Å²) in [5.41, 5.74) is 1.27. The van der Waals surface area contributed by atoms with Crippen LogP contribution >= 0.6 is 0 Å². The number of hydrogen-bond donors (Lipinski definition) is 2. The molecule has 2 N–H and O–H groups in total. The van der Waals surface area contributed by atoms with Crippen molar-refractivity contribution in [1.29, 1.82) is 0 Å². The number of nitrogens with one attached hydrogen (secondary N) is 2. The Kier molecular flexibility index (Phi) is 6.29. The van der Waals surface area contributed by atoms with E-state index in [-0.39, 0.29) is 30.5 Å². The van der Waals surface area contributed by atoms with Gasteiger partial charge in [-0.3, -0.25) is 9.29 Å². The summed E-state index contributed by atoms with van der Waals surface area (Å²) >= 11 is 0. The summed E-state index contributed by atoms with van der Waals surface area (Å²) < 4.78 is 66.4. The van der Waals surface area contributed by atoms with E-state index in [0.717, 1.165) is 27.5 Å². The summed E-state index contributed by atoms with van der Waals surface area (Å²) in [4.78, 5) is 17.4. The minimum Gasteiger partial charge on any atom is -0.380 e. The predicted octanol–water partition coefficient (Wildman–Crippen LogP) is 3.76. The second-order valence-electron chi connectivity index (χ2n) is 8.88. The van der Waals surface area contributed by atoms with Crippen LogP contribution in [0.25, 0.3) is 27.9 Å². The Hall–Kier alpha value is -4.27. The fourth-order valence-corrected chi connectivity index (χ4v) is 5.75. The smallest absolute Gasteiger partial charge is 0.301 e. The number of benzene rings is 2. The number of para-hydroxylation sites is 2. The number of pyridine rings is 1. The van der Waals surface area contributed by atoms with Crippen molar-refractivity contribution in [1.82, 2.24) is 28.8 Å². The summed E-state index contributed by atoms with van der Waals surface area (Å²) in [6, 6.07) is 13.0. The first-order chi connectivity index (χ1) is 18.8. The number of ether oxygens (including phenoxy) is 1. The molecule has 3 aromatic heterocycles. The molecule has 5 aromatic rings. The molecule has 0 radical (unpaired) electrons. The molecule has 0 amide bonds. The molecule has 0 aliphatic carbocycles. The van der Waals surface area contributed by atoms with E-state index < -0.39 is 33.2 Å². The van der Waals surface area contributed by atoms with Crippen molar-refractivity contribution in [2.24, 2.45) is 0 Å². The van der Waals surface area contributed by atoms with Crippen LogP contribution in [0.5, 0.6) is 0 Å². The molecular formula is C25H22F2N8O3S. The molecule has 1 saturated heterocycles. The van der Waals surface area contributed by atoms with Gasteiger partial charge in [0.15, 0.2) is 11.6 Å². The van der Waals surface area contributed by atoms with E-state index in [9.17, 15) is 12.8 Å². The van der Waals surface area contributed by atoms with Gasteiger partial charge in [0, 0.05) is 20.2 Å². The van der Waals surface area contributed by atoms with Crippen molar-refractivity contribution in [3.8, 4) is 5.82 Å². The SMILES string of the molecule is CO[C@@H]1CCN(S(=O)(=O)Nc2ccc(F)c(Nc3ncnc4ccc(-n5cnc6ccccc65)nc34)c2F)C1. The first-order valence-electron chi connectivity index (χ1n) is 11.9. The quantitative estimate of drug-likeness (QED) is 0.313. The average Bonchev–Trinajstić information content (AvgIpc) is 3.61. The van der Waals surface area contributed by atoms with Crippen LogP contribution in [0.4, 0.5) is 26.0 Å². The normalized spacial score (nSPS) is 16.2. The van der Waals surface area contributed by atoms with Gasteiger partial charge in [-0.15, -0.1) is 0 Å². The van der Waals surface area contributed by atoms with E-state index in [2.05, 4.69) is 30.0 Å². The molecule has 1 aliphatic heterocycles. The summed E-state index contributed by atoms with van der Waals surface area (Å²) in [6.45, 7) is 0.349. The van der Waals surface area contributed by atoms with Crippen LogP contribution < -0.4 is 10.0 Å². The van der Waals surface area contributed by atoms with Gasteiger partial charge in [0.1, 0.15) is 35.5 Å². The van der Waals surface area contributed by atoms with Crippen molar-refractivity contribution in [2.45, 2.75) is 12.5 Å². The average molecular weight is 553 g/mol. The van der Waals surface area contributed by atoms with Crippen molar-refractivity contribution < 1.29 is 21.9 Å².